The Hall–Kier alpha value is -0.530. The Balaban J connectivity index is 0.00000484. The lowest BCUT2D eigenvalue weighted by Crippen LogP contribution is -2.43. The molecule has 0 aromatic carbocycles. The first-order chi connectivity index (χ1) is 10.5. The van der Waals surface area contributed by atoms with Crippen LogP contribution in [0.25, 0.3) is 0 Å². The van der Waals surface area contributed by atoms with E-state index in [2.05, 4.69) is 29.5 Å². The van der Waals surface area contributed by atoms with Gasteiger partial charge in [-0.1, -0.05) is 33.1 Å². The summed E-state index contributed by atoms with van der Waals surface area (Å²) in [5.41, 5.74) is 0.415. The zero-order valence-electron chi connectivity index (χ0n) is 15.3. The first kappa shape index (κ1) is 22.5. The van der Waals surface area contributed by atoms with Crippen LogP contribution in [0.1, 0.15) is 58.8 Å². The van der Waals surface area contributed by atoms with Crippen molar-refractivity contribution in [2.45, 2.75) is 58.8 Å². The van der Waals surface area contributed by atoms with Crippen LogP contribution in [0, 0.1) is 5.41 Å². The molecular formula is C17H35IN4O. The Morgan fingerprint density at radius 3 is 2.35 bits per heavy atom. The Morgan fingerprint density at radius 2 is 1.83 bits per heavy atom. The van der Waals surface area contributed by atoms with E-state index in [0.29, 0.717) is 5.41 Å². The largest absolute Gasteiger partial charge is 0.356 e. The number of rotatable bonds is 8. The van der Waals surface area contributed by atoms with Crippen molar-refractivity contribution < 1.29 is 4.79 Å². The molecule has 136 valence electrons. The van der Waals surface area contributed by atoms with Crippen molar-refractivity contribution in [3.63, 3.8) is 0 Å². The second kappa shape index (κ2) is 11.9. The highest BCUT2D eigenvalue weighted by Gasteiger charge is 2.31. The lowest BCUT2D eigenvalue weighted by molar-refractivity contribution is -0.127. The molecule has 0 unspecified atom stereocenters. The van der Waals surface area contributed by atoms with Gasteiger partial charge in [-0.15, -0.1) is 24.0 Å². The summed E-state index contributed by atoms with van der Waals surface area (Å²) in [6.45, 7) is 6.51. The molecule has 0 aromatic heterocycles. The molecule has 1 amide bonds. The van der Waals surface area contributed by atoms with Gasteiger partial charge in [0.2, 0.25) is 5.91 Å². The molecule has 0 radical (unpaired) electrons. The van der Waals surface area contributed by atoms with Gasteiger partial charge in [0.05, 0.1) is 0 Å². The number of hydrogen-bond donors (Lipinski definition) is 2. The molecule has 0 heterocycles. The molecule has 0 spiro atoms. The number of unbranched alkanes of at least 4 members (excludes halogenated alkanes) is 1. The maximum atomic E-state index is 11.7. The minimum Gasteiger partial charge on any atom is -0.356 e. The van der Waals surface area contributed by atoms with Crippen LogP contribution in [0.2, 0.25) is 0 Å². The van der Waals surface area contributed by atoms with Gasteiger partial charge < -0.3 is 15.5 Å². The summed E-state index contributed by atoms with van der Waals surface area (Å²) < 4.78 is 0. The zero-order valence-corrected chi connectivity index (χ0v) is 17.6. The van der Waals surface area contributed by atoms with Crippen LogP contribution in [0.5, 0.6) is 0 Å². The molecule has 1 saturated carbocycles. The molecule has 6 heteroatoms. The SMILES string of the molecule is CCCCNC(=NCC(=O)N(C)C)NCC1(CC)CCCC1.I. The number of guanidine groups is 1. The molecule has 0 saturated heterocycles. The van der Waals surface area contributed by atoms with Crippen LogP contribution in [0.3, 0.4) is 0 Å². The molecule has 23 heavy (non-hydrogen) atoms. The van der Waals surface area contributed by atoms with Gasteiger partial charge in [-0.25, -0.2) is 4.99 Å². The van der Waals surface area contributed by atoms with Crippen LogP contribution in [0.15, 0.2) is 4.99 Å². The van der Waals surface area contributed by atoms with E-state index in [1.807, 2.05) is 0 Å². The maximum absolute atomic E-state index is 11.7. The summed E-state index contributed by atoms with van der Waals surface area (Å²) >= 11 is 0. The number of nitrogens with one attached hydrogen (secondary N) is 2. The number of halogens is 1. The van der Waals surface area contributed by atoms with E-state index in [-0.39, 0.29) is 36.4 Å². The van der Waals surface area contributed by atoms with Gasteiger partial charge in [-0.05, 0) is 31.1 Å². The van der Waals surface area contributed by atoms with Gasteiger partial charge in [-0.3, -0.25) is 4.79 Å². The summed E-state index contributed by atoms with van der Waals surface area (Å²) in [4.78, 5) is 17.7. The summed E-state index contributed by atoms with van der Waals surface area (Å²) in [6, 6.07) is 0. The molecule has 5 nitrogen and oxygen atoms in total. The van der Waals surface area contributed by atoms with E-state index in [1.54, 1.807) is 19.0 Å². The minimum absolute atomic E-state index is 0. The van der Waals surface area contributed by atoms with Crippen molar-refractivity contribution in [2.75, 3.05) is 33.7 Å². The van der Waals surface area contributed by atoms with E-state index in [0.717, 1.165) is 31.9 Å². The van der Waals surface area contributed by atoms with Crippen molar-refractivity contribution in [1.82, 2.24) is 15.5 Å². The zero-order chi connectivity index (χ0) is 16.4. The molecule has 1 fully saturated rings. The number of aliphatic imine (C=N–C) groups is 1. The van der Waals surface area contributed by atoms with Gasteiger partial charge in [-0.2, -0.15) is 0 Å². The standard InChI is InChI=1S/C17H34N4O.HI/c1-5-7-12-18-16(19-13-15(22)21(3)4)20-14-17(6-2)10-8-9-11-17;/h5-14H2,1-4H3,(H2,18,19,20);1H. The average molecular weight is 438 g/mol. The predicted molar refractivity (Wildman–Crippen MR) is 109 cm³/mol. The Kier molecular flexibility index (Phi) is 11.6. The lowest BCUT2D eigenvalue weighted by atomic mass is 9.83. The number of nitrogens with zero attached hydrogens (tertiary/aromatic N) is 2. The highest BCUT2D eigenvalue weighted by atomic mass is 127. The highest BCUT2D eigenvalue weighted by molar-refractivity contribution is 14.0. The van der Waals surface area contributed by atoms with Crippen LogP contribution in [-0.4, -0.2) is 50.5 Å². The summed E-state index contributed by atoms with van der Waals surface area (Å²) in [7, 11) is 3.53. The third kappa shape index (κ3) is 8.22. The van der Waals surface area contributed by atoms with Crippen molar-refractivity contribution in [2.24, 2.45) is 10.4 Å². The highest BCUT2D eigenvalue weighted by Crippen LogP contribution is 2.40. The van der Waals surface area contributed by atoms with Crippen molar-refractivity contribution in [1.29, 1.82) is 0 Å². The first-order valence-corrected chi connectivity index (χ1v) is 8.75. The number of carbonyl (C=O) groups excluding carboxylic acids is 1. The van der Waals surface area contributed by atoms with Gasteiger partial charge in [0, 0.05) is 27.2 Å². The predicted octanol–water partition coefficient (Wildman–Crippen LogP) is 3.00. The molecule has 2 N–H and O–H groups in total. The maximum Gasteiger partial charge on any atom is 0.243 e. The van der Waals surface area contributed by atoms with Gasteiger partial charge in [0.1, 0.15) is 6.54 Å². The van der Waals surface area contributed by atoms with Crippen LogP contribution >= 0.6 is 24.0 Å². The fourth-order valence-electron chi connectivity index (χ4n) is 2.90. The summed E-state index contributed by atoms with van der Waals surface area (Å²) in [5, 5.41) is 6.82. The van der Waals surface area contributed by atoms with Crippen molar-refractivity contribution in [3.8, 4) is 0 Å². The minimum atomic E-state index is 0. The Morgan fingerprint density at radius 1 is 1.17 bits per heavy atom. The number of amides is 1. The second-order valence-corrected chi connectivity index (χ2v) is 6.65. The molecule has 0 atom stereocenters. The van der Waals surface area contributed by atoms with E-state index >= 15 is 0 Å². The number of likely N-dealkylation sites (N-methyl/N-ethyl adjacent to an activating group) is 1. The third-order valence-corrected chi connectivity index (χ3v) is 4.74. The Bertz CT molecular complexity index is 366. The number of carbonyl (C=O) groups is 1. The monoisotopic (exact) mass is 438 g/mol. The van der Waals surface area contributed by atoms with Gasteiger partial charge in [0.25, 0.3) is 0 Å². The molecule has 0 bridgehead atoms. The normalized spacial score (nSPS) is 16.6. The Labute approximate surface area is 159 Å². The molecule has 0 aliphatic heterocycles. The van der Waals surface area contributed by atoms with E-state index in [4.69, 9.17) is 0 Å². The summed E-state index contributed by atoms with van der Waals surface area (Å²) in [6.07, 6.45) is 8.75. The van der Waals surface area contributed by atoms with Gasteiger partial charge in [0.15, 0.2) is 5.96 Å². The quantitative estimate of drug-likeness (QED) is 0.265. The van der Waals surface area contributed by atoms with E-state index in [1.165, 1.54) is 32.1 Å². The summed E-state index contributed by atoms with van der Waals surface area (Å²) in [5.74, 6) is 0.811. The molecular weight excluding hydrogens is 403 g/mol. The molecule has 1 aliphatic carbocycles. The molecule has 1 aliphatic rings. The fraction of sp³-hybridized carbons (Fsp3) is 0.882. The van der Waals surface area contributed by atoms with Crippen LogP contribution < -0.4 is 10.6 Å². The third-order valence-electron chi connectivity index (χ3n) is 4.74. The topological polar surface area (TPSA) is 56.7 Å². The van der Waals surface area contributed by atoms with E-state index in [9.17, 15) is 4.79 Å². The second-order valence-electron chi connectivity index (χ2n) is 6.65. The number of hydrogen-bond acceptors (Lipinski definition) is 2. The van der Waals surface area contributed by atoms with Gasteiger partial charge >= 0.3 is 0 Å². The molecule has 0 aromatic rings. The van der Waals surface area contributed by atoms with E-state index < -0.39 is 0 Å². The molecule has 1 rings (SSSR count). The fourth-order valence-corrected chi connectivity index (χ4v) is 2.90. The van der Waals surface area contributed by atoms with Crippen LogP contribution in [0.4, 0.5) is 0 Å². The van der Waals surface area contributed by atoms with Crippen molar-refractivity contribution >= 4 is 35.8 Å². The van der Waals surface area contributed by atoms with Crippen molar-refractivity contribution in [3.05, 3.63) is 0 Å². The average Bonchev–Trinajstić information content (AvgIpc) is 2.98. The first-order valence-electron chi connectivity index (χ1n) is 8.75. The van der Waals surface area contributed by atoms with Crippen LogP contribution in [-0.2, 0) is 4.79 Å². The smallest absolute Gasteiger partial charge is 0.243 e. The lowest BCUT2D eigenvalue weighted by Gasteiger charge is -2.28.